The molecule has 2 nitrogen and oxygen atoms in total. The minimum atomic E-state index is -3.37. The highest BCUT2D eigenvalue weighted by Gasteiger charge is 2.24. The van der Waals surface area contributed by atoms with E-state index in [1.165, 1.54) is 103 Å². The average Bonchev–Trinajstić information content (AvgIpc) is 3.38. The smallest absolute Gasteiger partial charge is 0.206 e. The molecule has 0 aromatic heterocycles. The molecule has 0 N–H and O–H groups in total. The zero-order valence-electron chi connectivity index (χ0n) is 44.3. The molecule has 1 saturated carbocycles. The van der Waals surface area contributed by atoms with Crippen molar-refractivity contribution in [3.05, 3.63) is 273 Å². The van der Waals surface area contributed by atoms with Gasteiger partial charge in [0.2, 0.25) is 9.84 Å². The van der Waals surface area contributed by atoms with Crippen LogP contribution in [0, 0.1) is 55.4 Å². The second-order valence-corrected chi connectivity index (χ2v) is 22.7. The van der Waals surface area contributed by atoms with Crippen LogP contribution in [0.25, 0.3) is 21.9 Å². The van der Waals surface area contributed by atoms with Crippen LogP contribution in [0.5, 0.6) is 0 Å². The predicted molar refractivity (Wildman–Crippen MR) is 307 cm³/mol. The van der Waals surface area contributed by atoms with Gasteiger partial charge in [0.25, 0.3) is 0 Å². The fraction of sp³-hybridized carbons (Fsp3) is 0.246. The van der Waals surface area contributed by atoms with Gasteiger partial charge in [0.1, 0.15) is 0 Å². The van der Waals surface area contributed by atoms with Gasteiger partial charge in [-0.15, -0.1) is 0 Å². The molecular weight excluding hydrogens is 893 g/mol. The number of benzene rings is 9. The summed E-state index contributed by atoms with van der Waals surface area (Å²) in [5, 5.41) is 2.65. The first-order valence-electron chi connectivity index (χ1n) is 25.7. The Labute approximate surface area is 432 Å². The van der Waals surface area contributed by atoms with Crippen molar-refractivity contribution in [1.82, 2.24) is 0 Å². The third-order valence-corrected chi connectivity index (χ3v) is 16.3. The van der Waals surface area contributed by atoms with Gasteiger partial charge in [0, 0.05) is 5.41 Å². The zero-order chi connectivity index (χ0) is 51.4. The van der Waals surface area contributed by atoms with Crippen LogP contribution in [0.15, 0.2) is 216 Å². The molecule has 72 heavy (non-hydrogen) atoms. The van der Waals surface area contributed by atoms with Crippen molar-refractivity contribution in [3.8, 4) is 11.1 Å². The minimum Gasteiger partial charge on any atom is -0.219 e. The highest BCUT2D eigenvalue weighted by molar-refractivity contribution is 7.91. The van der Waals surface area contributed by atoms with E-state index in [1.807, 2.05) is 13.8 Å². The van der Waals surface area contributed by atoms with Crippen LogP contribution in [0.1, 0.15) is 118 Å². The lowest BCUT2D eigenvalue weighted by atomic mass is 9.76. The summed E-state index contributed by atoms with van der Waals surface area (Å²) >= 11 is 0. The molecule has 0 bridgehead atoms. The molecule has 0 aliphatic heterocycles. The highest BCUT2D eigenvalue weighted by atomic mass is 32.2. The quantitative estimate of drug-likeness (QED) is 0.159. The molecule has 1 aliphatic rings. The molecule has 0 spiro atoms. The van der Waals surface area contributed by atoms with E-state index in [-0.39, 0.29) is 5.41 Å². The number of aryl methyl sites for hydroxylation is 8. The number of hydrogen-bond acceptors (Lipinski definition) is 2. The zero-order valence-corrected chi connectivity index (χ0v) is 45.2. The first kappa shape index (κ1) is 53.0. The van der Waals surface area contributed by atoms with E-state index in [0.717, 1.165) is 23.0 Å². The second-order valence-electron chi connectivity index (χ2n) is 20.7. The lowest BCUT2D eigenvalue weighted by molar-refractivity contribution is 0.396. The molecule has 0 amide bonds. The van der Waals surface area contributed by atoms with Crippen LogP contribution in [0.3, 0.4) is 0 Å². The molecule has 3 heteroatoms. The summed E-state index contributed by atoms with van der Waals surface area (Å²) in [6.07, 6.45) is 5.34. The Kier molecular flexibility index (Phi) is 17.7. The molecular formula is C69H74O2S. The molecule has 1 fully saturated rings. The molecule has 9 aromatic carbocycles. The van der Waals surface area contributed by atoms with Gasteiger partial charge in [-0.2, -0.15) is 0 Å². The van der Waals surface area contributed by atoms with Gasteiger partial charge in [-0.25, -0.2) is 8.42 Å². The molecule has 0 saturated heterocycles. The van der Waals surface area contributed by atoms with Crippen LogP contribution in [0.2, 0.25) is 0 Å². The van der Waals surface area contributed by atoms with Gasteiger partial charge < -0.3 is 0 Å². The summed E-state index contributed by atoms with van der Waals surface area (Å²) in [5.41, 5.74) is 18.5. The van der Waals surface area contributed by atoms with Gasteiger partial charge in [-0.3, -0.25) is 0 Å². The fourth-order valence-electron chi connectivity index (χ4n) is 9.49. The monoisotopic (exact) mass is 967 g/mol. The molecule has 0 unspecified atom stereocenters. The molecule has 0 atom stereocenters. The van der Waals surface area contributed by atoms with Crippen molar-refractivity contribution >= 4 is 20.6 Å². The molecule has 1 aliphatic carbocycles. The van der Waals surface area contributed by atoms with E-state index in [2.05, 4.69) is 213 Å². The number of sulfone groups is 1. The van der Waals surface area contributed by atoms with Crippen molar-refractivity contribution in [2.24, 2.45) is 0 Å². The van der Waals surface area contributed by atoms with E-state index >= 15 is 0 Å². The molecule has 10 rings (SSSR count). The molecule has 368 valence electrons. The summed E-state index contributed by atoms with van der Waals surface area (Å²) in [4.78, 5) is 0.680. The van der Waals surface area contributed by atoms with Gasteiger partial charge in [0.15, 0.2) is 0 Å². The van der Waals surface area contributed by atoms with Crippen LogP contribution in [-0.2, 0) is 15.3 Å². The summed E-state index contributed by atoms with van der Waals surface area (Å²) in [7, 11) is -3.37. The topological polar surface area (TPSA) is 34.1 Å². The predicted octanol–water partition coefficient (Wildman–Crippen LogP) is 18.6. The molecule has 9 aromatic rings. The minimum absolute atomic E-state index is 0.0708. The lowest BCUT2D eigenvalue weighted by Crippen LogP contribution is -2.18. The SMILES string of the molecule is Cc1ccc(-c2ccc3c(C)cccc3c2)cc1.Cc1ccc(C(C)(C)c2ccc(C)cc2)cc1.Cc1ccc(C2CCC(c3ccc(C)cc3)CC2)cc1.Cc1ccc(S(=O)(=O)c2ccc(C)cc2)cc1. The van der Waals surface area contributed by atoms with Crippen molar-refractivity contribution in [3.63, 3.8) is 0 Å². The van der Waals surface area contributed by atoms with Gasteiger partial charge in [-0.05, 0) is 173 Å². The van der Waals surface area contributed by atoms with E-state index in [1.54, 1.807) is 48.5 Å². The van der Waals surface area contributed by atoms with Crippen LogP contribution >= 0.6 is 0 Å². The maximum absolute atomic E-state index is 12.3. The van der Waals surface area contributed by atoms with E-state index in [9.17, 15) is 8.42 Å². The Bertz CT molecular complexity index is 3080. The number of hydrogen-bond donors (Lipinski definition) is 0. The number of fused-ring (bicyclic) bond motifs is 1. The van der Waals surface area contributed by atoms with Gasteiger partial charge in [-0.1, -0.05) is 229 Å². The van der Waals surface area contributed by atoms with Crippen molar-refractivity contribution < 1.29 is 8.42 Å². The van der Waals surface area contributed by atoms with Crippen LogP contribution in [0.4, 0.5) is 0 Å². The van der Waals surface area contributed by atoms with E-state index in [0.29, 0.717) is 9.79 Å². The Morgan fingerprint density at radius 2 is 0.681 bits per heavy atom. The third-order valence-electron chi connectivity index (χ3n) is 14.5. The van der Waals surface area contributed by atoms with Crippen LogP contribution in [-0.4, -0.2) is 8.42 Å². The Hall–Kier alpha value is -6.81. The first-order valence-corrected chi connectivity index (χ1v) is 27.2. The van der Waals surface area contributed by atoms with E-state index in [4.69, 9.17) is 0 Å². The molecule has 0 heterocycles. The maximum Gasteiger partial charge on any atom is 0.206 e. The number of rotatable bonds is 7. The Balaban J connectivity index is 0.000000141. The maximum atomic E-state index is 12.3. The molecule has 0 radical (unpaired) electrons. The van der Waals surface area contributed by atoms with Crippen molar-refractivity contribution in [2.75, 3.05) is 0 Å². The highest BCUT2D eigenvalue weighted by Crippen LogP contribution is 2.40. The second kappa shape index (κ2) is 24.1. The standard InChI is InChI=1S/C20H24.C18H16.C17H20.C14H14O2S/c1-15-3-7-17(8-4-15)19-11-13-20(14-12-19)18-9-5-16(2)6-10-18;1-13-6-8-15(9-7-13)16-10-11-18-14(2)4-3-5-17(18)12-16;1-13-5-9-15(10-6-13)17(3,4)16-11-7-14(2)8-12-16;1-11-3-7-13(8-4-11)17(15,16)14-9-5-12(2)6-10-14/h3-10,19-20H,11-14H2,1-2H3;3-12H,1-2H3;5-12H,1-4H3;3-10H,1-2H3. The largest absolute Gasteiger partial charge is 0.219 e. The van der Waals surface area contributed by atoms with E-state index < -0.39 is 9.84 Å². The lowest BCUT2D eigenvalue weighted by Gasteiger charge is -2.29. The summed E-state index contributed by atoms with van der Waals surface area (Å²) < 4.78 is 24.5. The first-order chi connectivity index (χ1) is 34.5. The summed E-state index contributed by atoms with van der Waals surface area (Å²) in [6, 6.07) is 71.6. The summed E-state index contributed by atoms with van der Waals surface area (Å²) in [6.45, 7) is 21.3. The Morgan fingerprint density at radius 3 is 1.06 bits per heavy atom. The van der Waals surface area contributed by atoms with Crippen LogP contribution < -0.4 is 0 Å². The Morgan fingerprint density at radius 1 is 0.361 bits per heavy atom. The average molecular weight is 967 g/mol. The fourth-order valence-corrected chi connectivity index (χ4v) is 10.7. The van der Waals surface area contributed by atoms with Crippen molar-refractivity contribution in [1.29, 1.82) is 0 Å². The normalized spacial score (nSPS) is 14.4. The van der Waals surface area contributed by atoms with Gasteiger partial charge >= 0.3 is 0 Å². The van der Waals surface area contributed by atoms with Crippen molar-refractivity contribution in [2.45, 2.75) is 122 Å². The van der Waals surface area contributed by atoms with Gasteiger partial charge in [0.05, 0.1) is 9.79 Å². The third kappa shape index (κ3) is 14.0. The summed E-state index contributed by atoms with van der Waals surface area (Å²) in [5.74, 6) is 1.55.